The summed E-state index contributed by atoms with van der Waals surface area (Å²) in [5, 5.41) is 68.5. The molecule has 316 valence electrons. The van der Waals surface area contributed by atoms with Gasteiger partial charge in [0.2, 0.25) is 5.91 Å². The lowest BCUT2D eigenvalue weighted by Gasteiger charge is -2.47. The minimum atomic E-state index is -1.68. The Morgan fingerprint density at radius 2 is 1.29 bits per heavy atom. The highest BCUT2D eigenvalue weighted by Gasteiger charge is 2.54. The molecule has 56 heavy (non-hydrogen) atoms. The molecule has 3 saturated heterocycles. The van der Waals surface area contributed by atoms with E-state index in [9.17, 15) is 35.4 Å². The molecule has 22 heteroatoms. The van der Waals surface area contributed by atoms with Crippen molar-refractivity contribution in [2.45, 2.75) is 135 Å². The smallest absolute Gasteiger partial charge is 0.237 e. The number of benzene rings is 1. The van der Waals surface area contributed by atoms with Crippen LogP contribution in [0.1, 0.15) is 12.0 Å². The molecule has 2 aromatic rings. The maximum atomic E-state index is 13.3. The van der Waals surface area contributed by atoms with Crippen molar-refractivity contribution in [2.75, 3.05) is 19.6 Å². The van der Waals surface area contributed by atoms with Gasteiger partial charge >= 0.3 is 0 Å². The zero-order valence-electron chi connectivity index (χ0n) is 30.6. The number of nitrogens with one attached hydrogen (secondary N) is 2. The van der Waals surface area contributed by atoms with Gasteiger partial charge in [-0.25, -0.2) is 0 Å². The highest BCUT2D eigenvalue weighted by Crippen LogP contribution is 2.34. The van der Waals surface area contributed by atoms with Crippen LogP contribution in [0.15, 0.2) is 30.5 Å². The monoisotopic (exact) mass is 799 g/mol. The summed E-state index contributed by atoms with van der Waals surface area (Å²) in [6.07, 6.45) is -18.6. The van der Waals surface area contributed by atoms with E-state index in [-0.39, 0.29) is 32.5 Å². The van der Waals surface area contributed by atoms with E-state index >= 15 is 0 Å². The molecular weight excluding hydrogens is 742 g/mol. The molecule has 22 nitrogen and oxygen atoms in total. The number of fused-ring (bicyclic) bond motifs is 1. The van der Waals surface area contributed by atoms with Gasteiger partial charge in [0.1, 0.15) is 67.1 Å². The fraction of sp³-hybridized carbons (Fsp3) is 0.735. The van der Waals surface area contributed by atoms with Crippen LogP contribution in [0.5, 0.6) is 0 Å². The first-order valence-corrected chi connectivity index (χ1v) is 18.7. The van der Waals surface area contributed by atoms with E-state index < -0.39 is 128 Å². The summed E-state index contributed by atoms with van der Waals surface area (Å²) in [5.41, 5.74) is 44.5. The molecule has 4 aliphatic rings. The van der Waals surface area contributed by atoms with Crippen molar-refractivity contribution in [3.05, 3.63) is 36.0 Å². The summed E-state index contributed by atoms with van der Waals surface area (Å²) in [4.78, 5) is 16.5. The van der Waals surface area contributed by atoms with Crippen molar-refractivity contribution < 1.29 is 63.9 Å². The average Bonchev–Trinajstić information content (AvgIpc) is 3.73. The summed E-state index contributed by atoms with van der Waals surface area (Å²) in [6.45, 7) is -0.667. The zero-order valence-corrected chi connectivity index (χ0v) is 30.6. The third kappa shape index (κ3) is 8.74. The molecule has 0 bridgehead atoms. The lowest BCUT2D eigenvalue weighted by molar-refractivity contribution is -0.306. The normalized spacial score (nSPS) is 43.8. The number of ether oxygens (including phenoxy) is 6. The van der Waals surface area contributed by atoms with Crippen molar-refractivity contribution >= 4 is 16.8 Å². The molecule has 0 unspecified atom stereocenters. The van der Waals surface area contributed by atoms with Crippen LogP contribution in [0.4, 0.5) is 0 Å². The summed E-state index contributed by atoms with van der Waals surface area (Å²) in [7, 11) is 0. The van der Waals surface area contributed by atoms with Crippen LogP contribution in [0.2, 0.25) is 0 Å². The van der Waals surface area contributed by atoms with E-state index in [4.69, 9.17) is 68.6 Å². The number of carbonyl (C=O) groups excluding carboxylic acids is 1. The number of hydrogen-bond donors (Lipinski definition) is 15. The molecule has 1 saturated carbocycles. The predicted octanol–water partition coefficient (Wildman–Crippen LogP) is -7.72. The van der Waals surface area contributed by atoms with Gasteiger partial charge in [-0.1, -0.05) is 18.2 Å². The number of hydrogen-bond acceptors (Lipinski definition) is 20. The van der Waals surface area contributed by atoms with Gasteiger partial charge < -0.3 is 109 Å². The second-order valence-corrected chi connectivity index (χ2v) is 15.0. The number of aromatic amines is 1. The largest absolute Gasteiger partial charge is 0.389 e. The Morgan fingerprint density at radius 1 is 0.732 bits per heavy atom. The SMILES string of the molecule is NC[C@@H]1O[C@H](O[C@H]2[C@@H](O)[C@H](O[C@@H]3[C@@H](O)[C@H](N)C[C@H](N)[C@H]3O[C@H]3O[C@H](CN)[C@@H](O)[C@H](O)[C@H]3N)O[C@@H]2CNC(=O)[C@@H](N)Cc2c[nH]c3ccccc23)[C@H](N)[C@@H](O)[C@@H]1O. The van der Waals surface area contributed by atoms with Crippen LogP contribution in [-0.2, 0) is 39.6 Å². The van der Waals surface area contributed by atoms with Gasteiger partial charge in [-0.15, -0.1) is 0 Å². The number of para-hydroxylation sites is 1. The lowest BCUT2D eigenvalue weighted by atomic mass is 9.84. The van der Waals surface area contributed by atoms with E-state index in [1.807, 2.05) is 24.3 Å². The number of amides is 1. The first-order chi connectivity index (χ1) is 26.6. The van der Waals surface area contributed by atoms with Crippen molar-refractivity contribution in [3.8, 4) is 0 Å². The molecule has 0 radical (unpaired) electrons. The maximum Gasteiger partial charge on any atom is 0.237 e. The molecule has 0 spiro atoms. The van der Waals surface area contributed by atoms with Crippen molar-refractivity contribution in [1.29, 1.82) is 0 Å². The molecular formula is C34H57N9O13. The van der Waals surface area contributed by atoms with Gasteiger partial charge in [0.25, 0.3) is 0 Å². The Balaban J connectivity index is 1.20. The summed E-state index contributed by atoms with van der Waals surface area (Å²) < 4.78 is 36.0. The summed E-state index contributed by atoms with van der Waals surface area (Å²) in [6, 6.07) is 2.18. The number of aliphatic hydroxyl groups excluding tert-OH is 6. The molecule has 4 fully saturated rings. The van der Waals surface area contributed by atoms with Crippen LogP contribution < -0.4 is 45.5 Å². The Kier molecular flexibility index (Phi) is 14.0. The van der Waals surface area contributed by atoms with Gasteiger partial charge in [0.15, 0.2) is 18.9 Å². The molecule has 22 N–H and O–H groups in total. The molecule has 1 aromatic heterocycles. The quantitative estimate of drug-likeness (QED) is 0.0894. The van der Waals surface area contributed by atoms with E-state index in [2.05, 4.69) is 10.3 Å². The number of rotatable bonds is 13. The molecule has 20 atom stereocenters. The number of aliphatic hydroxyl groups is 6. The second kappa shape index (κ2) is 18.2. The zero-order chi connectivity index (χ0) is 40.6. The first kappa shape index (κ1) is 43.1. The van der Waals surface area contributed by atoms with E-state index in [1.54, 1.807) is 6.20 Å². The Hall–Kier alpha value is -2.53. The highest BCUT2D eigenvalue weighted by atomic mass is 16.8. The summed E-state index contributed by atoms with van der Waals surface area (Å²) >= 11 is 0. The predicted molar refractivity (Wildman–Crippen MR) is 194 cm³/mol. The molecule has 1 aliphatic carbocycles. The molecule has 4 heterocycles. The van der Waals surface area contributed by atoms with Gasteiger partial charge in [-0.2, -0.15) is 0 Å². The average molecular weight is 800 g/mol. The minimum Gasteiger partial charge on any atom is -0.389 e. The highest BCUT2D eigenvalue weighted by molar-refractivity contribution is 5.86. The Labute approximate surface area is 321 Å². The Morgan fingerprint density at radius 3 is 1.89 bits per heavy atom. The Bertz CT molecular complexity index is 1590. The van der Waals surface area contributed by atoms with Crippen LogP contribution in [-0.4, -0.2) is 183 Å². The van der Waals surface area contributed by atoms with Crippen LogP contribution in [0.25, 0.3) is 10.9 Å². The van der Waals surface area contributed by atoms with Gasteiger partial charge in [-0.3, -0.25) is 4.79 Å². The fourth-order valence-electron chi connectivity index (χ4n) is 7.72. The van der Waals surface area contributed by atoms with Crippen molar-refractivity contribution in [3.63, 3.8) is 0 Å². The first-order valence-electron chi connectivity index (χ1n) is 18.7. The number of nitrogens with two attached hydrogens (primary N) is 7. The number of H-pyrrole nitrogens is 1. The molecule has 1 aromatic carbocycles. The van der Waals surface area contributed by atoms with Crippen molar-refractivity contribution in [1.82, 2.24) is 10.3 Å². The molecule has 6 rings (SSSR count). The lowest BCUT2D eigenvalue weighted by Crippen LogP contribution is -2.68. The van der Waals surface area contributed by atoms with Gasteiger partial charge in [0.05, 0.1) is 24.2 Å². The van der Waals surface area contributed by atoms with Gasteiger partial charge in [0, 0.05) is 48.8 Å². The van der Waals surface area contributed by atoms with Crippen molar-refractivity contribution in [2.24, 2.45) is 40.1 Å². The van der Waals surface area contributed by atoms with Crippen LogP contribution in [0.3, 0.4) is 0 Å². The topological polar surface area (TPSA) is 404 Å². The third-order valence-electron chi connectivity index (χ3n) is 11.1. The fourth-order valence-corrected chi connectivity index (χ4v) is 7.72. The third-order valence-corrected chi connectivity index (χ3v) is 11.1. The van der Waals surface area contributed by atoms with E-state index in [0.717, 1.165) is 16.5 Å². The minimum absolute atomic E-state index is 0.0554. The molecule has 3 aliphatic heterocycles. The van der Waals surface area contributed by atoms with Crippen LogP contribution in [0, 0.1) is 0 Å². The summed E-state index contributed by atoms with van der Waals surface area (Å²) in [5.74, 6) is -0.552. The van der Waals surface area contributed by atoms with Gasteiger partial charge in [-0.05, 0) is 24.5 Å². The maximum absolute atomic E-state index is 13.3. The second-order valence-electron chi connectivity index (χ2n) is 15.0. The number of carbonyl (C=O) groups is 1. The number of aromatic nitrogens is 1. The van der Waals surface area contributed by atoms with E-state index in [0.29, 0.717) is 0 Å². The molecule has 1 amide bonds. The standard InChI is InChI=1S/C34H57N9O13/c35-7-17-23(45)25(47)20(40)32(51-17)54-28-14(38)6-13(37)22(44)30(28)56-34-27(49)29(55-33-21(41)26(48)24(46)18(8-36)52-33)19(53-34)10-43-31(50)15(39)5-11-9-42-16-4-2-1-3-12(11)16/h1-4,9,13-15,17-30,32-34,42,44-49H,5-8,10,35-41H2,(H,43,50)/t13-,14+,15+,17-,18+,19-,20-,21-,22+,23-,24-,25-,26-,27-,28-,29-,30-,32-,33-,34+/m1/s1. The van der Waals surface area contributed by atoms with Crippen LogP contribution >= 0.6 is 0 Å². The van der Waals surface area contributed by atoms with E-state index in [1.165, 1.54) is 0 Å².